The molecule has 1 N–H and O–H groups in total. The van der Waals surface area contributed by atoms with Gasteiger partial charge in [-0.2, -0.15) is 18.3 Å². The van der Waals surface area contributed by atoms with E-state index in [-0.39, 0.29) is 23.3 Å². The molecule has 0 saturated heterocycles. The lowest BCUT2D eigenvalue weighted by atomic mass is 10.2. The van der Waals surface area contributed by atoms with Crippen molar-refractivity contribution in [2.45, 2.75) is 12.7 Å². The molecule has 1 amide bonds. The van der Waals surface area contributed by atoms with Gasteiger partial charge in [0, 0.05) is 13.7 Å². The summed E-state index contributed by atoms with van der Waals surface area (Å²) in [5, 5.41) is 6.65. The fraction of sp³-hybridized carbons (Fsp3) is 0.294. The maximum absolute atomic E-state index is 12.9. The molecule has 8 nitrogen and oxygen atoms in total. The quantitative estimate of drug-likeness (QED) is 0.637. The molecule has 0 fully saturated rings. The van der Waals surface area contributed by atoms with Crippen LogP contribution < -0.4 is 10.9 Å². The van der Waals surface area contributed by atoms with E-state index in [1.54, 1.807) is 0 Å². The van der Waals surface area contributed by atoms with E-state index in [2.05, 4.69) is 15.4 Å². The van der Waals surface area contributed by atoms with Gasteiger partial charge in [0.25, 0.3) is 5.56 Å². The van der Waals surface area contributed by atoms with Gasteiger partial charge in [0.1, 0.15) is 18.3 Å². The molecule has 2 aromatic heterocycles. The van der Waals surface area contributed by atoms with Gasteiger partial charge in [-0.3, -0.25) is 14.2 Å². The first-order chi connectivity index (χ1) is 13.3. The second-order valence-electron chi connectivity index (χ2n) is 5.86. The molecule has 0 spiro atoms. The minimum Gasteiger partial charge on any atom is -0.383 e. The van der Waals surface area contributed by atoms with Crippen LogP contribution in [0.15, 0.2) is 41.6 Å². The normalized spacial score (nSPS) is 11.7. The van der Waals surface area contributed by atoms with Gasteiger partial charge in [-0.15, -0.1) is 0 Å². The highest BCUT2D eigenvalue weighted by Crippen LogP contribution is 2.30. The Hall–Kier alpha value is -3.21. The Kier molecular flexibility index (Phi) is 5.45. The zero-order valence-electron chi connectivity index (χ0n) is 14.7. The molecular weight excluding hydrogens is 379 g/mol. The summed E-state index contributed by atoms with van der Waals surface area (Å²) in [7, 11) is 1.50. The number of hydrogen-bond acceptors (Lipinski definition) is 5. The molecule has 11 heteroatoms. The lowest BCUT2D eigenvalue weighted by Gasteiger charge is -2.09. The number of nitrogens with zero attached hydrogens (tertiary/aromatic N) is 4. The highest BCUT2D eigenvalue weighted by Gasteiger charge is 2.30. The summed E-state index contributed by atoms with van der Waals surface area (Å²) in [4.78, 5) is 28.5. The number of carbonyl (C=O) groups is 1. The van der Waals surface area contributed by atoms with Gasteiger partial charge >= 0.3 is 6.18 Å². The second kappa shape index (κ2) is 7.80. The van der Waals surface area contributed by atoms with E-state index in [4.69, 9.17) is 4.74 Å². The van der Waals surface area contributed by atoms with Crippen molar-refractivity contribution in [3.63, 3.8) is 0 Å². The molecule has 0 bridgehead atoms. The van der Waals surface area contributed by atoms with E-state index in [1.165, 1.54) is 25.4 Å². The minimum absolute atomic E-state index is 0.0876. The number of ether oxygens (including phenoxy) is 1. The number of aromatic nitrogens is 4. The van der Waals surface area contributed by atoms with Gasteiger partial charge in [-0.25, -0.2) is 9.67 Å². The topological polar surface area (TPSA) is 91.0 Å². The molecular formula is C17H16F3N5O3. The van der Waals surface area contributed by atoms with Gasteiger partial charge in [-0.05, 0) is 18.2 Å². The van der Waals surface area contributed by atoms with Crippen LogP contribution in [0.1, 0.15) is 5.56 Å². The molecule has 0 atom stereocenters. The first-order valence-electron chi connectivity index (χ1n) is 8.17. The van der Waals surface area contributed by atoms with Crippen molar-refractivity contribution in [2.24, 2.45) is 0 Å². The van der Waals surface area contributed by atoms with Crippen LogP contribution in [0.25, 0.3) is 16.7 Å². The Morgan fingerprint density at radius 2 is 2.11 bits per heavy atom. The maximum atomic E-state index is 12.9. The molecule has 0 aliphatic heterocycles. The largest absolute Gasteiger partial charge is 0.416 e. The molecule has 2 heterocycles. The smallest absolute Gasteiger partial charge is 0.383 e. The average Bonchev–Trinajstić information content (AvgIpc) is 3.08. The lowest BCUT2D eigenvalue weighted by molar-refractivity contribution is -0.137. The first-order valence-corrected chi connectivity index (χ1v) is 8.17. The van der Waals surface area contributed by atoms with Crippen LogP contribution in [-0.4, -0.2) is 45.5 Å². The van der Waals surface area contributed by atoms with Crippen molar-refractivity contribution in [3.8, 4) is 5.69 Å². The minimum atomic E-state index is -4.50. The number of alkyl halides is 3. The summed E-state index contributed by atoms with van der Waals surface area (Å²) >= 11 is 0. The number of amides is 1. The number of methoxy groups -OCH3 is 1. The van der Waals surface area contributed by atoms with Crippen molar-refractivity contribution in [2.75, 3.05) is 20.3 Å². The third-order valence-electron chi connectivity index (χ3n) is 3.91. The molecule has 28 heavy (non-hydrogen) atoms. The zero-order valence-corrected chi connectivity index (χ0v) is 14.7. The predicted molar refractivity (Wildman–Crippen MR) is 93.0 cm³/mol. The molecule has 0 aliphatic carbocycles. The van der Waals surface area contributed by atoms with Gasteiger partial charge < -0.3 is 10.1 Å². The fourth-order valence-corrected chi connectivity index (χ4v) is 2.57. The van der Waals surface area contributed by atoms with Crippen LogP contribution >= 0.6 is 0 Å². The van der Waals surface area contributed by atoms with Crippen molar-refractivity contribution >= 4 is 16.9 Å². The monoisotopic (exact) mass is 395 g/mol. The summed E-state index contributed by atoms with van der Waals surface area (Å²) in [5.74, 6) is -0.398. The molecule has 3 rings (SSSR count). The van der Waals surface area contributed by atoms with Gasteiger partial charge in [0.2, 0.25) is 5.91 Å². The first kappa shape index (κ1) is 19.5. The zero-order chi connectivity index (χ0) is 20.3. The van der Waals surface area contributed by atoms with Crippen LogP contribution in [0.5, 0.6) is 0 Å². The van der Waals surface area contributed by atoms with Crippen molar-refractivity contribution in [1.29, 1.82) is 0 Å². The van der Waals surface area contributed by atoms with Crippen molar-refractivity contribution in [3.05, 3.63) is 52.7 Å². The third-order valence-corrected chi connectivity index (χ3v) is 3.91. The molecule has 0 unspecified atom stereocenters. The number of fused-ring (bicyclic) bond motifs is 1. The molecule has 148 valence electrons. The summed E-state index contributed by atoms with van der Waals surface area (Å²) in [5.41, 5.74) is -1.15. The number of hydrogen-bond donors (Lipinski definition) is 1. The Balaban J connectivity index is 1.92. The Morgan fingerprint density at radius 3 is 2.82 bits per heavy atom. The number of halogens is 3. The summed E-state index contributed by atoms with van der Waals surface area (Å²) in [6, 6.07) is 4.54. The maximum Gasteiger partial charge on any atom is 0.416 e. The Morgan fingerprint density at radius 1 is 1.32 bits per heavy atom. The molecule has 1 aromatic carbocycles. The highest BCUT2D eigenvalue weighted by atomic mass is 19.4. The van der Waals surface area contributed by atoms with E-state index in [0.717, 1.165) is 27.7 Å². The van der Waals surface area contributed by atoms with Crippen molar-refractivity contribution < 1.29 is 22.7 Å². The summed E-state index contributed by atoms with van der Waals surface area (Å²) in [6.45, 7) is 0.384. The van der Waals surface area contributed by atoms with E-state index in [0.29, 0.717) is 13.2 Å². The standard InChI is InChI=1S/C17H16F3N5O3/c1-28-6-5-21-14(26)9-24-10-22-15-13(16(24)27)8-23-25(15)12-4-2-3-11(7-12)17(18,19)20/h2-4,7-8,10H,5-6,9H2,1H3,(H,21,26). The number of nitrogens with one attached hydrogen (secondary N) is 1. The number of rotatable bonds is 6. The van der Waals surface area contributed by atoms with Crippen molar-refractivity contribution in [1.82, 2.24) is 24.6 Å². The second-order valence-corrected chi connectivity index (χ2v) is 5.86. The summed E-state index contributed by atoms with van der Waals surface area (Å²) < 4.78 is 45.9. The van der Waals surface area contributed by atoms with Crippen LogP contribution in [0.2, 0.25) is 0 Å². The van der Waals surface area contributed by atoms with Gasteiger partial charge in [0.15, 0.2) is 5.65 Å². The van der Waals surface area contributed by atoms with Crippen LogP contribution in [0, 0.1) is 0 Å². The molecule has 0 saturated carbocycles. The van der Waals surface area contributed by atoms with Gasteiger partial charge in [0.05, 0.1) is 24.1 Å². The Labute approximate surface area is 156 Å². The SMILES string of the molecule is COCCNC(=O)Cn1cnc2c(cnn2-c2cccc(C(F)(F)F)c2)c1=O. The fourth-order valence-electron chi connectivity index (χ4n) is 2.57. The average molecular weight is 395 g/mol. The number of benzene rings is 1. The lowest BCUT2D eigenvalue weighted by Crippen LogP contribution is -2.34. The number of carbonyl (C=O) groups excluding carboxylic acids is 1. The third kappa shape index (κ3) is 4.03. The molecule has 0 aliphatic rings. The van der Waals surface area contributed by atoms with E-state index in [9.17, 15) is 22.8 Å². The highest BCUT2D eigenvalue weighted by molar-refractivity contribution is 5.77. The van der Waals surface area contributed by atoms with E-state index < -0.39 is 23.2 Å². The summed E-state index contributed by atoms with van der Waals surface area (Å²) in [6.07, 6.45) is -2.13. The molecule has 0 radical (unpaired) electrons. The van der Waals surface area contributed by atoms with E-state index in [1.807, 2.05) is 0 Å². The van der Waals surface area contributed by atoms with Crippen LogP contribution in [0.4, 0.5) is 13.2 Å². The molecule has 3 aromatic rings. The Bertz CT molecular complexity index is 1060. The predicted octanol–water partition coefficient (Wildman–Crippen LogP) is 1.36. The van der Waals surface area contributed by atoms with Crippen LogP contribution in [-0.2, 0) is 22.3 Å². The van der Waals surface area contributed by atoms with Gasteiger partial charge in [-0.1, -0.05) is 6.07 Å². The van der Waals surface area contributed by atoms with E-state index >= 15 is 0 Å². The van der Waals surface area contributed by atoms with Crippen LogP contribution in [0.3, 0.4) is 0 Å².